The fraction of sp³-hybridized carbons (Fsp3) is 0.308. The van der Waals surface area contributed by atoms with E-state index in [0.717, 1.165) is 0 Å². The standard InChI is InChI=1S/C13H13N3O7/c17-6-11(19)9-5-10(18)12(20)13(9)23-15-14-7-1-3-8(4-2-7)16(21)22/h1-4,9,11,17,19-20H,5-6H2. The number of aliphatic hydroxyl groups is 3. The van der Waals surface area contributed by atoms with E-state index in [1.165, 1.54) is 24.3 Å². The number of allylic oxidation sites excluding steroid dienone is 1. The molecule has 23 heavy (non-hydrogen) atoms. The maximum Gasteiger partial charge on any atom is 0.269 e. The Kier molecular flexibility index (Phi) is 4.98. The van der Waals surface area contributed by atoms with Crippen LogP contribution < -0.4 is 0 Å². The molecule has 0 spiro atoms. The van der Waals surface area contributed by atoms with Crippen LogP contribution in [0.2, 0.25) is 0 Å². The van der Waals surface area contributed by atoms with Crippen LogP contribution in [0.4, 0.5) is 11.4 Å². The van der Waals surface area contributed by atoms with Crippen LogP contribution in [0.3, 0.4) is 0 Å². The highest BCUT2D eigenvalue weighted by Crippen LogP contribution is 2.32. The number of hydrogen-bond acceptors (Lipinski definition) is 9. The molecule has 2 atom stereocenters. The van der Waals surface area contributed by atoms with Crippen molar-refractivity contribution in [2.75, 3.05) is 6.61 Å². The number of Topliss-reactive ketones (excluding diaryl/α,β-unsaturated/α-hetero) is 1. The highest BCUT2D eigenvalue weighted by molar-refractivity contribution is 5.96. The first kappa shape index (κ1) is 16.5. The van der Waals surface area contributed by atoms with Crippen LogP contribution in [0.5, 0.6) is 0 Å². The van der Waals surface area contributed by atoms with Crippen molar-refractivity contribution >= 4 is 17.2 Å². The van der Waals surface area contributed by atoms with Gasteiger partial charge in [-0.05, 0) is 12.1 Å². The van der Waals surface area contributed by atoms with Crippen molar-refractivity contribution in [3.05, 3.63) is 45.9 Å². The zero-order valence-electron chi connectivity index (χ0n) is 11.7. The summed E-state index contributed by atoms with van der Waals surface area (Å²) in [4.78, 5) is 26.2. The minimum Gasteiger partial charge on any atom is -0.502 e. The van der Waals surface area contributed by atoms with Crippen LogP contribution in [0.1, 0.15) is 6.42 Å². The van der Waals surface area contributed by atoms with E-state index in [4.69, 9.17) is 9.94 Å². The second kappa shape index (κ2) is 6.94. The number of rotatable bonds is 6. The highest BCUT2D eigenvalue weighted by atomic mass is 16.6. The van der Waals surface area contributed by atoms with Crippen LogP contribution in [-0.4, -0.2) is 38.7 Å². The van der Waals surface area contributed by atoms with E-state index < -0.39 is 35.1 Å². The number of benzene rings is 1. The molecule has 0 radical (unpaired) electrons. The smallest absolute Gasteiger partial charge is 0.269 e. The summed E-state index contributed by atoms with van der Waals surface area (Å²) in [6.45, 7) is -0.614. The zero-order valence-corrected chi connectivity index (χ0v) is 11.7. The molecule has 0 amide bonds. The lowest BCUT2D eigenvalue weighted by Crippen LogP contribution is -2.25. The van der Waals surface area contributed by atoms with Gasteiger partial charge < -0.3 is 20.2 Å². The molecule has 1 aliphatic carbocycles. The Morgan fingerprint density at radius 1 is 1.39 bits per heavy atom. The molecule has 10 heteroatoms. The van der Waals surface area contributed by atoms with E-state index >= 15 is 0 Å². The van der Waals surface area contributed by atoms with Gasteiger partial charge in [-0.3, -0.25) is 14.9 Å². The van der Waals surface area contributed by atoms with Gasteiger partial charge in [0.25, 0.3) is 5.69 Å². The molecule has 1 aromatic carbocycles. The predicted molar refractivity (Wildman–Crippen MR) is 74.6 cm³/mol. The van der Waals surface area contributed by atoms with Gasteiger partial charge in [0, 0.05) is 23.8 Å². The topological polar surface area (TPSA) is 155 Å². The van der Waals surface area contributed by atoms with Crippen molar-refractivity contribution in [3.8, 4) is 0 Å². The molecule has 1 aromatic rings. The van der Waals surface area contributed by atoms with Gasteiger partial charge in [-0.25, -0.2) is 0 Å². The third-order valence-electron chi connectivity index (χ3n) is 3.25. The molecular weight excluding hydrogens is 310 g/mol. The second-order valence-corrected chi connectivity index (χ2v) is 4.74. The van der Waals surface area contributed by atoms with E-state index in [0.29, 0.717) is 0 Å². The summed E-state index contributed by atoms with van der Waals surface area (Å²) >= 11 is 0. The van der Waals surface area contributed by atoms with Crippen LogP contribution in [0.25, 0.3) is 0 Å². The molecule has 2 unspecified atom stereocenters. The number of nitrogens with zero attached hydrogens (tertiary/aromatic N) is 3. The van der Waals surface area contributed by atoms with Crippen molar-refractivity contribution in [1.29, 1.82) is 0 Å². The predicted octanol–water partition coefficient (Wildman–Crippen LogP) is 1.32. The minimum absolute atomic E-state index is 0.113. The van der Waals surface area contributed by atoms with Crippen LogP contribution in [0.15, 0.2) is 46.2 Å². The first-order valence-electron chi connectivity index (χ1n) is 6.51. The lowest BCUT2D eigenvalue weighted by atomic mass is 10.0. The Labute approximate surface area is 129 Å². The van der Waals surface area contributed by atoms with Gasteiger partial charge in [-0.2, -0.15) is 0 Å². The summed E-state index contributed by atoms with van der Waals surface area (Å²) < 4.78 is 0. The number of aliphatic hydroxyl groups excluding tert-OH is 3. The molecule has 0 aliphatic heterocycles. The van der Waals surface area contributed by atoms with Crippen LogP contribution in [0, 0.1) is 16.0 Å². The van der Waals surface area contributed by atoms with E-state index in [2.05, 4.69) is 10.4 Å². The van der Waals surface area contributed by atoms with Gasteiger partial charge in [-0.15, -0.1) is 5.11 Å². The molecule has 122 valence electrons. The molecule has 0 saturated heterocycles. The fourth-order valence-corrected chi connectivity index (χ4v) is 2.00. The largest absolute Gasteiger partial charge is 0.502 e. The Hall–Kier alpha value is -2.85. The van der Waals surface area contributed by atoms with Crippen molar-refractivity contribution in [2.24, 2.45) is 16.3 Å². The normalized spacial score (nSPS) is 19.4. The average Bonchev–Trinajstić information content (AvgIpc) is 2.83. The molecule has 0 aromatic heterocycles. The minimum atomic E-state index is -1.28. The molecule has 0 fully saturated rings. The van der Waals surface area contributed by atoms with Crippen molar-refractivity contribution in [3.63, 3.8) is 0 Å². The monoisotopic (exact) mass is 323 g/mol. The Bertz CT molecular complexity index is 669. The quantitative estimate of drug-likeness (QED) is 0.405. The Balaban J connectivity index is 2.08. The number of carbonyl (C=O) groups is 1. The molecular formula is C13H13N3O7. The summed E-state index contributed by atoms with van der Waals surface area (Å²) in [7, 11) is 0. The molecule has 3 N–H and O–H groups in total. The number of carbonyl (C=O) groups excluding carboxylic acids is 1. The zero-order chi connectivity index (χ0) is 17.0. The van der Waals surface area contributed by atoms with E-state index in [-0.39, 0.29) is 23.6 Å². The van der Waals surface area contributed by atoms with Gasteiger partial charge in [0.05, 0.1) is 29.2 Å². The molecule has 10 nitrogen and oxygen atoms in total. The number of nitro benzene ring substituents is 1. The number of nitro groups is 1. The second-order valence-electron chi connectivity index (χ2n) is 4.74. The van der Waals surface area contributed by atoms with Crippen molar-refractivity contribution in [2.45, 2.75) is 12.5 Å². The SMILES string of the molecule is O=C1CC(C(O)CO)C(ON=Nc2ccc([N+](=O)[O-])cc2)=C1O. The first-order chi connectivity index (χ1) is 10.9. The Morgan fingerprint density at radius 3 is 2.61 bits per heavy atom. The third-order valence-corrected chi connectivity index (χ3v) is 3.25. The van der Waals surface area contributed by atoms with Crippen LogP contribution in [-0.2, 0) is 9.63 Å². The third kappa shape index (κ3) is 3.67. The van der Waals surface area contributed by atoms with Gasteiger partial charge in [0.15, 0.2) is 5.76 Å². The highest BCUT2D eigenvalue weighted by Gasteiger charge is 2.39. The first-order valence-corrected chi connectivity index (χ1v) is 6.51. The summed E-state index contributed by atoms with van der Waals surface area (Å²) in [6.07, 6.45) is -1.50. The average molecular weight is 323 g/mol. The maximum atomic E-state index is 11.4. The summed E-state index contributed by atoms with van der Waals surface area (Å²) in [5, 5.41) is 45.6. The molecule has 0 bridgehead atoms. The van der Waals surface area contributed by atoms with Gasteiger partial charge in [0.1, 0.15) is 0 Å². The lowest BCUT2D eigenvalue weighted by Gasteiger charge is -2.15. The summed E-state index contributed by atoms with van der Waals surface area (Å²) in [5.41, 5.74) is 0.136. The lowest BCUT2D eigenvalue weighted by molar-refractivity contribution is -0.384. The Morgan fingerprint density at radius 2 is 2.04 bits per heavy atom. The molecule has 2 rings (SSSR count). The maximum absolute atomic E-state index is 11.4. The van der Waals surface area contributed by atoms with Crippen LogP contribution >= 0.6 is 0 Å². The molecule has 0 heterocycles. The van der Waals surface area contributed by atoms with Gasteiger partial charge in [0.2, 0.25) is 11.5 Å². The molecule has 0 saturated carbocycles. The summed E-state index contributed by atoms with van der Waals surface area (Å²) in [5.74, 6) is -2.50. The van der Waals surface area contributed by atoms with Gasteiger partial charge >= 0.3 is 0 Å². The molecule has 1 aliphatic rings. The number of hydrogen-bond donors (Lipinski definition) is 3. The van der Waals surface area contributed by atoms with E-state index in [1.54, 1.807) is 0 Å². The van der Waals surface area contributed by atoms with Crippen molar-refractivity contribution in [1.82, 2.24) is 0 Å². The number of non-ortho nitro benzene ring substituents is 1. The van der Waals surface area contributed by atoms with Gasteiger partial charge in [-0.1, -0.05) is 0 Å². The van der Waals surface area contributed by atoms with E-state index in [9.17, 15) is 25.1 Å². The van der Waals surface area contributed by atoms with Crippen molar-refractivity contribution < 1.29 is 29.9 Å². The fourth-order valence-electron chi connectivity index (χ4n) is 2.00. The van der Waals surface area contributed by atoms with E-state index in [1.807, 2.05) is 0 Å². The number of ketones is 1. The summed E-state index contributed by atoms with van der Waals surface area (Å²) in [6, 6.07) is 5.11.